The Bertz CT molecular complexity index is 419. The van der Waals surface area contributed by atoms with E-state index in [1.165, 1.54) is 7.11 Å². The summed E-state index contributed by atoms with van der Waals surface area (Å²) in [5.74, 6) is 0.541. The predicted octanol–water partition coefficient (Wildman–Crippen LogP) is 1.61. The second-order valence-corrected chi connectivity index (χ2v) is 4.50. The molecule has 0 aliphatic carbocycles. The monoisotopic (exact) mass is 252 g/mol. The van der Waals surface area contributed by atoms with Crippen LogP contribution in [0.5, 0.6) is 0 Å². The van der Waals surface area contributed by atoms with Crippen LogP contribution in [-0.4, -0.2) is 35.8 Å². The molecule has 0 spiro atoms. The molecule has 1 heterocycles. The van der Waals surface area contributed by atoms with Crippen LogP contribution in [0.3, 0.4) is 0 Å². The van der Waals surface area contributed by atoms with E-state index in [2.05, 4.69) is 15.0 Å². The number of aryl methyl sites for hydroxylation is 1. The predicted molar refractivity (Wildman–Crippen MR) is 69.6 cm³/mol. The topological polar surface area (TPSA) is 71.5 Å². The molecule has 0 saturated heterocycles. The number of anilines is 1. The average Bonchev–Trinajstić information content (AvgIpc) is 2.34. The molecule has 18 heavy (non-hydrogen) atoms. The Morgan fingerprint density at radius 1 is 1.50 bits per heavy atom. The van der Waals surface area contributed by atoms with Gasteiger partial charge in [0.25, 0.3) is 0 Å². The summed E-state index contributed by atoms with van der Waals surface area (Å²) in [5.41, 5.74) is 1.06. The zero-order valence-corrected chi connectivity index (χ0v) is 11.2. The fourth-order valence-corrected chi connectivity index (χ4v) is 1.58. The SMILES string of the molecule is COC(=O)c1ccc(NC(CO)C(C)C)nc1C. The van der Waals surface area contributed by atoms with Gasteiger partial charge in [0.2, 0.25) is 0 Å². The third-order valence-electron chi connectivity index (χ3n) is 2.83. The van der Waals surface area contributed by atoms with E-state index in [0.29, 0.717) is 17.1 Å². The zero-order chi connectivity index (χ0) is 13.7. The molecule has 0 aliphatic heterocycles. The molecule has 5 heteroatoms. The minimum absolute atomic E-state index is 0.0388. The number of methoxy groups -OCH3 is 1. The number of pyridine rings is 1. The van der Waals surface area contributed by atoms with Crippen molar-refractivity contribution in [3.63, 3.8) is 0 Å². The van der Waals surface area contributed by atoms with Gasteiger partial charge in [-0.2, -0.15) is 0 Å². The van der Waals surface area contributed by atoms with Crippen LogP contribution in [0, 0.1) is 12.8 Å². The zero-order valence-electron chi connectivity index (χ0n) is 11.2. The maximum atomic E-state index is 11.4. The lowest BCUT2D eigenvalue weighted by atomic mass is 10.1. The van der Waals surface area contributed by atoms with Crippen LogP contribution in [0.15, 0.2) is 12.1 Å². The summed E-state index contributed by atoms with van der Waals surface area (Å²) >= 11 is 0. The third-order valence-corrected chi connectivity index (χ3v) is 2.83. The van der Waals surface area contributed by atoms with E-state index in [1.807, 2.05) is 13.8 Å². The van der Waals surface area contributed by atoms with E-state index in [0.717, 1.165) is 0 Å². The van der Waals surface area contributed by atoms with Crippen LogP contribution >= 0.6 is 0 Å². The number of hydrogen-bond acceptors (Lipinski definition) is 5. The number of aliphatic hydroxyl groups excluding tert-OH is 1. The minimum Gasteiger partial charge on any atom is -0.465 e. The van der Waals surface area contributed by atoms with Gasteiger partial charge in [-0.3, -0.25) is 0 Å². The summed E-state index contributed by atoms with van der Waals surface area (Å²) in [5, 5.41) is 12.4. The number of esters is 1. The molecular weight excluding hydrogens is 232 g/mol. The lowest BCUT2D eigenvalue weighted by molar-refractivity contribution is 0.0599. The smallest absolute Gasteiger partial charge is 0.339 e. The van der Waals surface area contributed by atoms with E-state index < -0.39 is 5.97 Å². The van der Waals surface area contributed by atoms with Crippen LogP contribution in [0.25, 0.3) is 0 Å². The minimum atomic E-state index is -0.394. The molecule has 0 aliphatic rings. The van der Waals surface area contributed by atoms with Crippen molar-refractivity contribution in [2.45, 2.75) is 26.8 Å². The van der Waals surface area contributed by atoms with Gasteiger partial charge in [-0.1, -0.05) is 13.8 Å². The van der Waals surface area contributed by atoms with Crippen LogP contribution in [0.2, 0.25) is 0 Å². The van der Waals surface area contributed by atoms with Crippen molar-refractivity contribution < 1.29 is 14.6 Å². The molecule has 5 nitrogen and oxygen atoms in total. The standard InChI is InChI=1S/C13H20N2O3/c1-8(2)11(7-16)15-12-6-5-10(9(3)14-12)13(17)18-4/h5-6,8,11,16H,7H2,1-4H3,(H,14,15). The molecule has 1 aromatic rings. The van der Waals surface area contributed by atoms with Crippen molar-refractivity contribution in [1.82, 2.24) is 4.98 Å². The molecule has 0 amide bonds. The molecule has 100 valence electrons. The van der Waals surface area contributed by atoms with Crippen molar-refractivity contribution in [1.29, 1.82) is 0 Å². The van der Waals surface area contributed by atoms with E-state index in [-0.39, 0.29) is 18.6 Å². The summed E-state index contributed by atoms with van der Waals surface area (Å²) in [7, 11) is 1.34. The molecule has 0 aromatic carbocycles. The first-order chi connectivity index (χ1) is 8.49. The van der Waals surface area contributed by atoms with Gasteiger partial charge in [0.15, 0.2) is 0 Å². The van der Waals surface area contributed by atoms with Crippen molar-refractivity contribution in [3.05, 3.63) is 23.4 Å². The van der Waals surface area contributed by atoms with Gasteiger partial charge in [-0.15, -0.1) is 0 Å². The lowest BCUT2D eigenvalue weighted by Gasteiger charge is -2.20. The second kappa shape index (κ2) is 6.35. The van der Waals surface area contributed by atoms with E-state index in [1.54, 1.807) is 19.1 Å². The van der Waals surface area contributed by atoms with Crippen LogP contribution in [0.4, 0.5) is 5.82 Å². The van der Waals surface area contributed by atoms with Crippen LogP contribution < -0.4 is 5.32 Å². The number of carbonyl (C=O) groups is 1. The Hall–Kier alpha value is -1.62. The Balaban J connectivity index is 2.87. The first-order valence-electron chi connectivity index (χ1n) is 5.93. The van der Waals surface area contributed by atoms with Crippen molar-refractivity contribution in [2.75, 3.05) is 19.0 Å². The highest BCUT2D eigenvalue weighted by molar-refractivity contribution is 5.90. The van der Waals surface area contributed by atoms with Gasteiger partial charge in [0.1, 0.15) is 5.82 Å². The molecule has 0 bridgehead atoms. The largest absolute Gasteiger partial charge is 0.465 e. The Kier molecular flexibility index (Phi) is 5.09. The number of carbonyl (C=O) groups excluding carboxylic acids is 1. The third kappa shape index (κ3) is 3.43. The van der Waals surface area contributed by atoms with E-state index >= 15 is 0 Å². The quantitative estimate of drug-likeness (QED) is 0.779. The molecule has 1 rings (SSSR count). The van der Waals surface area contributed by atoms with Gasteiger partial charge in [-0.25, -0.2) is 9.78 Å². The first-order valence-corrected chi connectivity index (χ1v) is 5.93. The summed E-state index contributed by atoms with van der Waals surface area (Å²) in [4.78, 5) is 15.7. The van der Waals surface area contributed by atoms with Crippen LogP contribution in [-0.2, 0) is 4.74 Å². The van der Waals surface area contributed by atoms with Crippen LogP contribution in [0.1, 0.15) is 29.9 Å². The van der Waals surface area contributed by atoms with Crippen molar-refractivity contribution >= 4 is 11.8 Å². The highest BCUT2D eigenvalue weighted by Crippen LogP contribution is 2.14. The normalized spacial score (nSPS) is 12.3. The number of rotatable bonds is 5. The first kappa shape index (κ1) is 14.4. The second-order valence-electron chi connectivity index (χ2n) is 4.50. The van der Waals surface area contributed by atoms with Crippen molar-refractivity contribution in [3.8, 4) is 0 Å². The molecule has 0 radical (unpaired) electrons. The fourth-order valence-electron chi connectivity index (χ4n) is 1.58. The maximum absolute atomic E-state index is 11.4. The Morgan fingerprint density at radius 3 is 2.61 bits per heavy atom. The fraction of sp³-hybridized carbons (Fsp3) is 0.538. The number of aromatic nitrogens is 1. The Labute approximate surface area is 107 Å². The molecular formula is C13H20N2O3. The van der Waals surface area contributed by atoms with Gasteiger partial charge >= 0.3 is 5.97 Å². The van der Waals surface area contributed by atoms with Gasteiger partial charge in [0, 0.05) is 0 Å². The number of aliphatic hydroxyl groups is 1. The molecule has 1 unspecified atom stereocenters. The molecule has 1 atom stereocenters. The van der Waals surface area contributed by atoms with E-state index in [9.17, 15) is 9.90 Å². The molecule has 2 N–H and O–H groups in total. The summed E-state index contributed by atoms with van der Waals surface area (Å²) in [6, 6.07) is 3.33. The summed E-state index contributed by atoms with van der Waals surface area (Å²) in [6.45, 7) is 5.82. The highest BCUT2D eigenvalue weighted by atomic mass is 16.5. The number of hydrogen-bond donors (Lipinski definition) is 2. The average molecular weight is 252 g/mol. The molecule has 1 aromatic heterocycles. The summed E-state index contributed by atoms with van der Waals surface area (Å²) < 4.78 is 4.66. The maximum Gasteiger partial charge on any atom is 0.339 e. The number of nitrogens with one attached hydrogen (secondary N) is 1. The highest BCUT2D eigenvalue weighted by Gasteiger charge is 2.14. The summed E-state index contributed by atoms with van der Waals surface area (Å²) in [6.07, 6.45) is 0. The van der Waals surface area contributed by atoms with Crippen molar-refractivity contribution in [2.24, 2.45) is 5.92 Å². The van der Waals surface area contributed by atoms with E-state index in [4.69, 9.17) is 0 Å². The van der Waals surface area contributed by atoms with Gasteiger partial charge in [0.05, 0.1) is 31.0 Å². The van der Waals surface area contributed by atoms with Gasteiger partial charge in [-0.05, 0) is 25.0 Å². The number of ether oxygens (including phenoxy) is 1. The number of nitrogens with zero attached hydrogens (tertiary/aromatic N) is 1. The lowest BCUT2D eigenvalue weighted by Crippen LogP contribution is -2.30. The van der Waals surface area contributed by atoms with Gasteiger partial charge < -0.3 is 15.2 Å². The molecule has 0 saturated carbocycles. The molecule has 0 fully saturated rings. The Morgan fingerprint density at radius 2 is 2.17 bits per heavy atom.